The molecule has 0 saturated carbocycles. The van der Waals surface area contributed by atoms with E-state index in [1.54, 1.807) is 6.07 Å². The third-order valence-corrected chi connectivity index (χ3v) is 5.45. The van der Waals surface area contributed by atoms with Crippen molar-refractivity contribution in [3.8, 4) is 5.75 Å². The predicted molar refractivity (Wildman–Crippen MR) is 125 cm³/mol. The molecule has 3 aromatic carbocycles. The van der Waals surface area contributed by atoms with Gasteiger partial charge in [-0.3, -0.25) is 9.59 Å². The fourth-order valence-corrected chi connectivity index (χ4v) is 3.57. The Morgan fingerprint density at radius 3 is 2.67 bits per heavy atom. The predicted octanol–water partition coefficient (Wildman–Crippen LogP) is 4.56. The molecule has 3 aromatic rings. The SMILES string of the molecule is O=C(N/N=C\c1cccc(OCc2ccc(Cl)cc2)c1)[C@@H]1CC(=O)N(c2ccc(F)cc2)C1. The van der Waals surface area contributed by atoms with Crippen LogP contribution in [0.4, 0.5) is 10.1 Å². The van der Waals surface area contributed by atoms with Crippen LogP contribution in [0.3, 0.4) is 0 Å². The van der Waals surface area contributed by atoms with Crippen molar-refractivity contribution < 1.29 is 18.7 Å². The average Bonchev–Trinajstić information content (AvgIpc) is 3.21. The van der Waals surface area contributed by atoms with Crippen LogP contribution in [0.2, 0.25) is 5.02 Å². The zero-order chi connectivity index (χ0) is 23.2. The number of halogens is 2. The van der Waals surface area contributed by atoms with Gasteiger partial charge in [0, 0.05) is 23.7 Å². The molecule has 1 atom stereocenters. The molecular formula is C25H21ClFN3O3. The molecule has 4 rings (SSSR count). The number of carbonyl (C=O) groups excluding carboxylic acids is 2. The summed E-state index contributed by atoms with van der Waals surface area (Å²) in [6.45, 7) is 0.620. The summed E-state index contributed by atoms with van der Waals surface area (Å²) in [5, 5.41) is 4.69. The van der Waals surface area contributed by atoms with Gasteiger partial charge in [-0.05, 0) is 59.7 Å². The van der Waals surface area contributed by atoms with Gasteiger partial charge < -0.3 is 9.64 Å². The van der Waals surface area contributed by atoms with Gasteiger partial charge in [0.15, 0.2) is 0 Å². The number of ether oxygens (including phenoxy) is 1. The topological polar surface area (TPSA) is 71.0 Å². The van der Waals surface area contributed by atoms with Gasteiger partial charge in [-0.2, -0.15) is 5.10 Å². The van der Waals surface area contributed by atoms with Gasteiger partial charge in [0.2, 0.25) is 11.8 Å². The maximum atomic E-state index is 13.1. The molecule has 1 heterocycles. The fraction of sp³-hybridized carbons (Fsp3) is 0.160. The van der Waals surface area contributed by atoms with Crippen molar-refractivity contribution in [1.29, 1.82) is 0 Å². The highest BCUT2D eigenvalue weighted by molar-refractivity contribution is 6.30. The van der Waals surface area contributed by atoms with Gasteiger partial charge >= 0.3 is 0 Å². The summed E-state index contributed by atoms with van der Waals surface area (Å²) in [4.78, 5) is 26.2. The van der Waals surface area contributed by atoms with Gasteiger partial charge in [0.05, 0.1) is 12.1 Å². The Bertz CT molecular complexity index is 1170. The van der Waals surface area contributed by atoms with E-state index in [0.717, 1.165) is 11.1 Å². The van der Waals surface area contributed by atoms with Crippen LogP contribution in [-0.4, -0.2) is 24.6 Å². The van der Waals surface area contributed by atoms with Crippen LogP contribution in [0, 0.1) is 11.7 Å². The summed E-state index contributed by atoms with van der Waals surface area (Å²) < 4.78 is 18.9. The smallest absolute Gasteiger partial charge is 0.245 e. The summed E-state index contributed by atoms with van der Waals surface area (Å²) in [6, 6.07) is 20.3. The van der Waals surface area contributed by atoms with E-state index in [0.29, 0.717) is 23.1 Å². The van der Waals surface area contributed by atoms with Crippen LogP contribution in [0.1, 0.15) is 17.5 Å². The van der Waals surface area contributed by atoms with Crippen molar-refractivity contribution in [1.82, 2.24) is 5.43 Å². The highest BCUT2D eigenvalue weighted by Crippen LogP contribution is 2.25. The van der Waals surface area contributed by atoms with E-state index in [4.69, 9.17) is 16.3 Å². The lowest BCUT2D eigenvalue weighted by atomic mass is 10.1. The number of benzene rings is 3. The molecule has 0 bridgehead atoms. The first-order chi connectivity index (χ1) is 16.0. The number of hydrogen-bond acceptors (Lipinski definition) is 4. The fourth-order valence-electron chi connectivity index (χ4n) is 3.45. The minimum atomic E-state index is -0.534. The van der Waals surface area contributed by atoms with E-state index < -0.39 is 5.92 Å². The number of nitrogens with zero attached hydrogens (tertiary/aromatic N) is 2. The number of rotatable bonds is 7. The zero-order valence-corrected chi connectivity index (χ0v) is 18.3. The molecule has 0 aromatic heterocycles. The van der Waals surface area contributed by atoms with Crippen LogP contribution in [0.15, 0.2) is 77.9 Å². The van der Waals surface area contributed by atoms with Crippen molar-refractivity contribution in [3.05, 3.63) is 94.8 Å². The largest absolute Gasteiger partial charge is 0.489 e. The molecule has 1 aliphatic heterocycles. The Balaban J connectivity index is 1.30. The Morgan fingerprint density at radius 1 is 1.15 bits per heavy atom. The first-order valence-corrected chi connectivity index (χ1v) is 10.7. The minimum Gasteiger partial charge on any atom is -0.489 e. The molecule has 1 N–H and O–H groups in total. The molecule has 1 aliphatic rings. The van der Waals surface area contributed by atoms with E-state index in [-0.39, 0.29) is 30.6 Å². The Hall–Kier alpha value is -3.71. The average molecular weight is 466 g/mol. The normalized spacial score (nSPS) is 15.8. The van der Waals surface area contributed by atoms with Crippen LogP contribution in [0.5, 0.6) is 5.75 Å². The van der Waals surface area contributed by atoms with Crippen molar-refractivity contribution in [2.75, 3.05) is 11.4 Å². The summed E-state index contributed by atoms with van der Waals surface area (Å²) in [7, 11) is 0. The standard InChI is InChI=1S/C25H21ClFN3O3/c26-20-6-4-17(5-7-20)16-33-23-3-1-2-18(12-23)14-28-29-25(32)19-13-24(31)30(15-19)22-10-8-21(27)9-11-22/h1-12,14,19H,13,15-16H2,(H,29,32)/b28-14-/t19-/m1/s1. The highest BCUT2D eigenvalue weighted by atomic mass is 35.5. The molecule has 168 valence electrons. The maximum absolute atomic E-state index is 13.1. The van der Waals surface area contributed by atoms with Crippen LogP contribution in [-0.2, 0) is 16.2 Å². The van der Waals surface area contributed by atoms with Crippen molar-refractivity contribution in [2.24, 2.45) is 11.0 Å². The molecule has 0 aliphatic carbocycles. The van der Waals surface area contributed by atoms with Crippen LogP contribution in [0.25, 0.3) is 0 Å². The molecule has 2 amide bonds. The van der Waals surface area contributed by atoms with Crippen molar-refractivity contribution in [3.63, 3.8) is 0 Å². The van der Waals surface area contributed by atoms with Gasteiger partial charge in [-0.1, -0.05) is 35.9 Å². The number of hydrazone groups is 1. The maximum Gasteiger partial charge on any atom is 0.245 e. The van der Waals surface area contributed by atoms with Crippen molar-refractivity contribution in [2.45, 2.75) is 13.0 Å². The zero-order valence-electron chi connectivity index (χ0n) is 17.6. The first kappa shape index (κ1) is 22.5. The second-order valence-electron chi connectivity index (χ2n) is 7.60. The van der Waals surface area contributed by atoms with Gasteiger partial charge in [-0.15, -0.1) is 0 Å². The lowest BCUT2D eigenvalue weighted by molar-refractivity contribution is -0.126. The second kappa shape index (κ2) is 10.3. The van der Waals surface area contributed by atoms with E-state index in [1.165, 1.54) is 35.4 Å². The minimum absolute atomic E-state index is 0.0761. The number of hydrogen-bond donors (Lipinski definition) is 1. The molecule has 8 heteroatoms. The quantitative estimate of drug-likeness (QED) is 0.410. The Morgan fingerprint density at radius 2 is 1.91 bits per heavy atom. The van der Waals surface area contributed by atoms with E-state index >= 15 is 0 Å². The summed E-state index contributed by atoms with van der Waals surface area (Å²) in [5.41, 5.74) is 4.80. The molecule has 1 fully saturated rings. The Labute approximate surface area is 195 Å². The molecule has 33 heavy (non-hydrogen) atoms. The monoisotopic (exact) mass is 465 g/mol. The van der Waals surface area contributed by atoms with Gasteiger partial charge in [0.25, 0.3) is 0 Å². The summed E-state index contributed by atoms with van der Waals surface area (Å²) in [5.74, 6) is -0.783. The number of carbonyl (C=O) groups is 2. The molecular weight excluding hydrogens is 445 g/mol. The van der Waals surface area contributed by atoms with Crippen LogP contribution >= 0.6 is 11.6 Å². The van der Waals surface area contributed by atoms with Gasteiger partial charge in [-0.25, -0.2) is 9.82 Å². The third-order valence-electron chi connectivity index (χ3n) is 5.20. The van der Waals surface area contributed by atoms with E-state index in [1.807, 2.05) is 42.5 Å². The third kappa shape index (κ3) is 5.96. The van der Waals surface area contributed by atoms with E-state index in [2.05, 4.69) is 10.5 Å². The number of nitrogens with one attached hydrogen (secondary N) is 1. The molecule has 0 radical (unpaired) electrons. The lowest BCUT2D eigenvalue weighted by Crippen LogP contribution is -2.30. The molecule has 0 spiro atoms. The lowest BCUT2D eigenvalue weighted by Gasteiger charge is -2.16. The van der Waals surface area contributed by atoms with Crippen molar-refractivity contribution >= 4 is 35.3 Å². The highest BCUT2D eigenvalue weighted by Gasteiger charge is 2.35. The van der Waals surface area contributed by atoms with E-state index in [9.17, 15) is 14.0 Å². The summed E-state index contributed by atoms with van der Waals surface area (Å²) in [6.07, 6.45) is 1.59. The summed E-state index contributed by atoms with van der Waals surface area (Å²) >= 11 is 5.89. The number of anilines is 1. The number of amides is 2. The molecule has 6 nitrogen and oxygen atoms in total. The van der Waals surface area contributed by atoms with Crippen LogP contribution < -0.4 is 15.1 Å². The Kier molecular flexibility index (Phi) is 7.00. The first-order valence-electron chi connectivity index (χ1n) is 10.3. The second-order valence-corrected chi connectivity index (χ2v) is 8.04. The molecule has 0 unspecified atom stereocenters. The molecule has 1 saturated heterocycles. The van der Waals surface area contributed by atoms with Gasteiger partial charge in [0.1, 0.15) is 18.2 Å².